The van der Waals surface area contributed by atoms with Crippen LogP contribution >= 0.6 is 35.0 Å². The van der Waals surface area contributed by atoms with Gasteiger partial charge in [-0.1, -0.05) is 29.6 Å². The smallest absolute Gasteiger partial charge is 0.316 e. The number of rotatable bonds is 7. The lowest BCUT2D eigenvalue weighted by Crippen LogP contribution is -2.42. The van der Waals surface area contributed by atoms with Gasteiger partial charge in [0, 0.05) is 16.0 Å². The molecule has 1 N–H and O–H groups in total. The summed E-state index contributed by atoms with van der Waals surface area (Å²) in [6.45, 7) is 1.82. The average Bonchev–Trinajstić information content (AvgIpc) is 3.24. The second-order valence-corrected chi connectivity index (χ2v) is 9.08. The molecule has 0 aromatic heterocycles. The summed E-state index contributed by atoms with van der Waals surface area (Å²) >= 11 is 13.2. The van der Waals surface area contributed by atoms with Crippen molar-refractivity contribution >= 4 is 46.8 Å². The molecule has 0 aliphatic heterocycles. The number of ether oxygens (including phenoxy) is 1. The Morgan fingerprint density at radius 2 is 2.12 bits per heavy atom. The molecule has 0 spiro atoms. The Morgan fingerprint density at radius 1 is 1.31 bits per heavy atom. The van der Waals surface area contributed by atoms with E-state index in [0.717, 1.165) is 11.8 Å². The van der Waals surface area contributed by atoms with E-state index in [2.05, 4.69) is 12.2 Å². The fourth-order valence-electron chi connectivity index (χ4n) is 4.22. The van der Waals surface area contributed by atoms with Crippen LogP contribution in [-0.4, -0.2) is 30.3 Å². The van der Waals surface area contributed by atoms with Crippen molar-refractivity contribution in [2.75, 3.05) is 12.4 Å². The van der Waals surface area contributed by atoms with Gasteiger partial charge in [-0.15, -0.1) is 11.8 Å². The Morgan fingerprint density at radius 3 is 2.81 bits per heavy atom. The quantitative estimate of drug-likeness (QED) is 0.523. The van der Waals surface area contributed by atoms with E-state index >= 15 is 0 Å². The first-order valence-electron chi connectivity index (χ1n) is 8.95. The molecule has 1 amide bonds. The van der Waals surface area contributed by atoms with Crippen LogP contribution in [0, 0.1) is 17.8 Å². The fourth-order valence-corrected chi connectivity index (χ4v) is 5.51. The van der Waals surface area contributed by atoms with Crippen LogP contribution in [0.1, 0.15) is 32.6 Å². The molecule has 4 atom stereocenters. The van der Waals surface area contributed by atoms with E-state index in [1.165, 1.54) is 37.4 Å². The number of thioether (sulfide) groups is 1. The minimum atomic E-state index is -0.450. The van der Waals surface area contributed by atoms with Crippen molar-refractivity contribution in [3.63, 3.8) is 0 Å². The van der Waals surface area contributed by atoms with Crippen LogP contribution in [0.3, 0.4) is 0 Å². The summed E-state index contributed by atoms with van der Waals surface area (Å²) in [4.78, 5) is 24.6. The molecule has 0 radical (unpaired) electrons. The van der Waals surface area contributed by atoms with Gasteiger partial charge in [0.1, 0.15) is 0 Å². The summed E-state index contributed by atoms with van der Waals surface area (Å²) in [5, 5.41) is 4.08. The molecule has 7 heteroatoms. The highest BCUT2D eigenvalue weighted by Gasteiger charge is 2.42. The lowest BCUT2D eigenvalue weighted by molar-refractivity contribution is -0.146. The predicted octanol–water partition coefficient (Wildman–Crippen LogP) is 4.57. The van der Waals surface area contributed by atoms with Crippen LogP contribution in [0.25, 0.3) is 0 Å². The third kappa shape index (κ3) is 5.08. The number of esters is 1. The molecule has 2 bridgehead atoms. The summed E-state index contributed by atoms with van der Waals surface area (Å²) in [5.41, 5.74) is 0. The molecule has 2 aliphatic carbocycles. The van der Waals surface area contributed by atoms with Crippen molar-refractivity contribution in [3.05, 3.63) is 28.2 Å². The highest BCUT2D eigenvalue weighted by molar-refractivity contribution is 8.00. The van der Waals surface area contributed by atoms with Gasteiger partial charge in [0.25, 0.3) is 5.91 Å². The normalized spacial score (nSPS) is 25.1. The number of carbonyl (C=O) groups excluding carboxylic acids is 2. The molecule has 0 saturated heterocycles. The van der Waals surface area contributed by atoms with Gasteiger partial charge < -0.3 is 10.1 Å². The monoisotopic (exact) mass is 415 g/mol. The summed E-state index contributed by atoms with van der Waals surface area (Å²) in [5.74, 6) is 1.55. The van der Waals surface area contributed by atoms with Gasteiger partial charge in [0.05, 0.1) is 10.8 Å². The minimum Gasteiger partial charge on any atom is -0.455 e. The fraction of sp³-hybridized carbons (Fsp3) is 0.579. The van der Waals surface area contributed by atoms with Crippen molar-refractivity contribution in [2.45, 2.75) is 43.5 Å². The first-order valence-corrected chi connectivity index (χ1v) is 10.7. The van der Waals surface area contributed by atoms with Crippen molar-refractivity contribution in [2.24, 2.45) is 17.8 Å². The Labute approximate surface area is 168 Å². The molecule has 4 nitrogen and oxygen atoms in total. The summed E-state index contributed by atoms with van der Waals surface area (Å²) in [7, 11) is 0. The van der Waals surface area contributed by atoms with Crippen molar-refractivity contribution < 1.29 is 14.3 Å². The van der Waals surface area contributed by atoms with Crippen LogP contribution in [-0.2, 0) is 14.3 Å². The zero-order valence-corrected chi connectivity index (χ0v) is 17.0. The number of carbonyl (C=O) groups is 2. The van der Waals surface area contributed by atoms with Gasteiger partial charge >= 0.3 is 5.97 Å². The first kappa shape index (κ1) is 19.8. The topological polar surface area (TPSA) is 55.4 Å². The maximum absolute atomic E-state index is 12.1. The van der Waals surface area contributed by atoms with E-state index in [4.69, 9.17) is 27.9 Å². The third-order valence-corrected chi connectivity index (χ3v) is 7.13. The molecule has 142 valence electrons. The molecular weight excluding hydrogens is 393 g/mol. The summed E-state index contributed by atoms with van der Waals surface area (Å²) in [6.07, 6.45) is 5.15. The maximum atomic E-state index is 12.1. The molecular formula is C19H23Cl2NO3S. The molecule has 0 heterocycles. The van der Waals surface area contributed by atoms with Crippen LogP contribution in [0.4, 0.5) is 0 Å². The number of hydrogen-bond donors (Lipinski definition) is 1. The highest BCUT2D eigenvalue weighted by atomic mass is 35.5. The van der Waals surface area contributed by atoms with Crippen LogP contribution < -0.4 is 5.32 Å². The lowest BCUT2D eigenvalue weighted by Gasteiger charge is -2.28. The van der Waals surface area contributed by atoms with E-state index < -0.39 is 5.97 Å². The molecule has 2 aliphatic rings. The number of hydrogen-bond acceptors (Lipinski definition) is 4. The van der Waals surface area contributed by atoms with Crippen molar-refractivity contribution in [1.82, 2.24) is 5.32 Å². The Bertz CT molecular complexity index is 685. The van der Waals surface area contributed by atoms with Gasteiger partial charge in [-0.2, -0.15) is 0 Å². The Balaban J connectivity index is 1.37. The van der Waals surface area contributed by atoms with E-state index in [1.54, 1.807) is 18.2 Å². The number of fused-ring (bicyclic) bond motifs is 2. The summed E-state index contributed by atoms with van der Waals surface area (Å²) in [6, 6.07) is 5.21. The van der Waals surface area contributed by atoms with Crippen molar-refractivity contribution in [1.29, 1.82) is 0 Å². The van der Waals surface area contributed by atoms with E-state index in [9.17, 15) is 9.59 Å². The zero-order chi connectivity index (χ0) is 18.7. The van der Waals surface area contributed by atoms with Gasteiger partial charge in [-0.25, -0.2) is 0 Å². The Hall–Kier alpha value is -0.910. The van der Waals surface area contributed by atoms with Crippen LogP contribution in [0.15, 0.2) is 23.1 Å². The molecule has 0 unspecified atom stereocenters. The van der Waals surface area contributed by atoms with E-state index in [0.29, 0.717) is 20.9 Å². The predicted molar refractivity (Wildman–Crippen MR) is 105 cm³/mol. The molecule has 2 fully saturated rings. The number of halogens is 2. The molecule has 2 saturated carbocycles. The first-order chi connectivity index (χ1) is 12.4. The average molecular weight is 416 g/mol. The molecule has 26 heavy (non-hydrogen) atoms. The van der Waals surface area contributed by atoms with E-state index in [-0.39, 0.29) is 24.3 Å². The number of amides is 1. The Kier molecular flexibility index (Phi) is 6.76. The van der Waals surface area contributed by atoms with Crippen molar-refractivity contribution in [3.8, 4) is 0 Å². The standard InChI is InChI=1S/C19H23Cl2NO3S/c1-11(15-7-12-2-3-13(15)6-12)22-18(23)9-25-19(24)10-26-17-8-14(20)4-5-16(17)21/h4-5,8,11-13,15H,2-3,6-7,9-10H2,1H3,(H,22,23)/t11-,12-,13-,15-/m0/s1. The van der Waals surface area contributed by atoms with E-state index in [1.807, 2.05) is 0 Å². The third-order valence-electron chi connectivity index (χ3n) is 5.43. The van der Waals surface area contributed by atoms with Crippen LogP contribution in [0.5, 0.6) is 0 Å². The number of benzene rings is 1. The van der Waals surface area contributed by atoms with Gasteiger partial charge in [0.2, 0.25) is 0 Å². The molecule has 3 rings (SSSR count). The minimum absolute atomic E-state index is 0.0786. The maximum Gasteiger partial charge on any atom is 0.316 e. The molecule has 1 aromatic carbocycles. The number of nitrogens with one attached hydrogen (secondary N) is 1. The van der Waals surface area contributed by atoms with Gasteiger partial charge in [-0.3, -0.25) is 9.59 Å². The SMILES string of the molecule is C[C@H](NC(=O)COC(=O)CSc1cc(Cl)ccc1Cl)[C@@H]1C[C@H]2CC[C@H]1C2. The zero-order valence-electron chi connectivity index (χ0n) is 14.7. The van der Waals surface area contributed by atoms with Gasteiger partial charge in [-0.05, 0) is 62.1 Å². The van der Waals surface area contributed by atoms with Gasteiger partial charge in [0.15, 0.2) is 6.61 Å². The highest BCUT2D eigenvalue weighted by Crippen LogP contribution is 2.49. The summed E-state index contributed by atoms with van der Waals surface area (Å²) < 4.78 is 5.07. The van der Waals surface area contributed by atoms with Crippen LogP contribution in [0.2, 0.25) is 10.0 Å². The second kappa shape index (κ2) is 8.85. The second-order valence-electron chi connectivity index (χ2n) is 7.22. The largest absolute Gasteiger partial charge is 0.455 e. The molecule has 1 aromatic rings. The lowest BCUT2D eigenvalue weighted by atomic mass is 9.84.